The summed E-state index contributed by atoms with van der Waals surface area (Å²) in [6, 6.07) is 16.7. The van der Waals surface area contributed by atoms with E-state index >= 15 is 0 Å². The van der Waals surface area contributed by atoms with Crippen molar-refractivity contribution >= 4 is 17.7 Å². The van der Waals surface area contributed by atoms with Crippen molar-refractivity contribution in [2.45, 2.75) is 50.4 Å². The van der Waals surface area contributed by atoms with Gasteiger partial charge < -0.3 is 9.84 Å². The second kappa shape index (κ2) is 9.71. The molecule has 3 aromatic rings. The first-order chi connectivity index (χ1) is 15.0. The number of thioether (sulfide) groups is 1. The van der Waals surface area contributed by atoms with Crippen molar-refractivity contribution < 1.29 is 9.32 Å². The molecule has 0 spiro atoms. The minimum atomic E-state index is -0.0221. The lowest BCUT2D eigenvalue weighted by Crippen LogP contribution is -2.44. The van der Waals surface area contributed by atoms with E-state index in [1.54, 1.807) is 11.8 Å². The van der Waals surface area contributed by atoms with E-state index in [1.165, 1.54) is 11.1 Å². The Morgan fingerprint density at radius 2 is 1.90 bits per heavy atom. The minimum absolute atomic E-state index is 0.0221. The molecule has 1 N–H and O–H groups in total. The van der Waals surface area contributed by atoms with E-state index in [-0.39, 0.29) is 11.9 Å². The number of carbonyl (C=O) groups excluding carboxylic acids is 1. The van der Waals surface area contributed by atoms with Gasteiger partial charge in [-0.1, -0.05) is 41.6 Å². The third-order valence-corrected chi connectivity index (χ3v) is 7.13. The Morgan fingerprint density at radius 3 is 2.68 bits per heavy atom. The highest BCUT2D eigenvalue weighted by atomic mass is 32.2. The summed E-state index contributed by atoms with van der Waals surface area (Å²) >= 11 is 1.64. The average Bonchev–Trinajstić information content (AvgIpc) is 3.12. The van der Waals surface area contributed by atoms with Crippen LogP contribution in [0.2, 0.25) is 0 Å². The average molecular weight is 436 g/mol. The topological polar surface area (TPSA) is 58.4 Å². The molecule has 6 heteroatoms. The van der Waals surface area contributed by atoms with Crippen LogP contribution in [0.15, 0.2) is 57.9 Å². The second-order valence-electron chi connectivity index (χ2n) is 8.14. The van der Waals surface area contributed by atoms with Crippen molar-refractivity contribution in [2.75, 3.05) is 13.1 Å². The molecule has 1 aliphatic rings. The van der Waals surface area contributed by atoms with Crippen LogP contribution >= 0.6 is 11.8 Å². The first-order valence-electron chi connectivity index (χ1n) is 10.8. The van der Waals surface area contributed by atoms with Crippen molar-refractivity contribution in [3.63, 3.8) is 0 Å². The molecule has 0 fully saturated rings. The fraction of sp³-hybridized carbons (Fsp3) is 0.360. The highest BCUT2D eigenvalue weighted by Gasteiger charge is 2.21. The maximum Gasteiger partial charge on any atom is 0.252 e. The van der Waals surface area contributed by atoms with Crippen molar-refractivity contribution in [3.05, 3.63) is 82.2 Å². The number of benzene rings is 2. The molecule has 1 amide bonds. The molecule has 2 aromatic carbocycles. The molecule has 4 rings (SSSR count). The molecule has 0 aliphatic carbocycles. The monoisotopic (exact) mass is 435 g/mol. The molecule has 1 unspecified atom stereocenters. The molecular formula is C25H29N3O2S. The highest BCUT2D eigenvalue weighted by molar-refractivity contribution is 7.98. The predicted octanol–water partition coefficient (Wildman–Crippen LogP) is 4.76. The fourth-order valence-electron chi connectivity index (χ4n) is 4.00. The van der Waals surface area contributed by atoms with Crippen molar-refractivity contribution in [2.24, 2.45) is 0 Å². The molecule has 162 valence electrons. The van der Waals surface area contributed by atoms with Gasteiger partial charge in [-0.3, -0.25) is 9.69 Å². The van der Waals surface area contributed by atoms with Gasteiger partial charge in [-0.25, -0.2) is 0 Å². The third kappa shape index (κ3) is 5.02. The quantitative estimate of drug-likeness (QED) is 0.542. The van der Waals surface area contributed by atoms with Crippen LogP contribution in [0, 0.1) is 13.8 Å². The number of hydrogen-bond acceptors (Lipinski definition) is 5. The Hall–Kier alpha value is -2.57. The SMILES string of the molecule is Cc1noc(C)c1CSc1ccccc1C(=O)NCC(C)N1CCc2ccccc2C1. The van der Waals surface area contributed by atoms with Gasteiger partial charge >= 0.3 is 0 Å². The zero-order chi connectivity index (χ0) is 21.8. The number of nitrogens with one attached hydrogen (secondary N) is 1. The first kappa shape index (κ1) is 21.7. The molecule has 0 bridgehead atoms. The number of rotatable bonds is 7. The Morgan fingerprint density at radius 1 is 1.16 bits per heavy atom. The third-order valence-electron chi connectivity index (χ3n) is 6.03. The number of aryl methyl sites for hydroxylation is 2. The standard InChI is InChI=1S/C25H29N3O2S/c1-17(28-13-12-20-8-4-5-9-21(20)15-28)14-26-25(29)22-10-6-7-11-24(22)31-16-23-18(2)27-30-19(23)3/h4-11,17H,12-16H2,1-3H3,(H,26,29). The Kier molecular flexibility index (Phi) is 6.78. The molecule has 0 saturated carbocycles. The van der Waals surface area contributed by atoms with Gasteiger partial charge in [-0.2, -0.15) is 0 Å². The van der Waals surface area contributed by atoms with Crippen LogP contribution in [0.25, 0.3) is 0 Å². The van der Waals surface area contributed by atoms with Gasteiger partial charge in [-0.15, -0.1) is 11.8 Å². The summed E-state index contributed by atoms with van der Waals surface area (Å²) in [6.45, 7) is 8.66. The number of amides is 1. The van der Waals surface area contributed by atoms with Crippen LogP contribution in [0.3, 0.4) is 0 Å². The summed E-state index contributed by atoms with van der Waals surface area (Å²) in [4.78, 5) is 16.4. The second-order valence-corrected chi connectivity index (χ2v) is 9.15. The highest BCUT2D eigenvalue weighted by Crippen LogP contribution is 2.29. The largest absolute Gasteiger partial charge is 0.361 e. The number of carbonyl (C=O) groups is 1. The van der Waals surface area contributed by atoms with E-state index in [9.17, 15) is 4.79 Å². The Balaban J connectivity index is 1.36. The molecule has 1 atom stereocenters. The van der Waals surface area contributed by atoms with Crippen molar-refractivity contribution in [1.29, 1.82) is 0 Å². The maximum atomic E-state index is 13.0. The summed E-state index contributed by atoms with van der Waals surface area (Å²) < 4.78 is 5.26. The molecule has 0 saturated heterocycles. The lowest BCUT2D eigenvalue weighted by Gasteiger charge is -2.33. The van der Waals surface area contributed by atoms with Gasteiger partial charge in [-0.05, 0) is 50.5 Å². The van der Waals surface area contributed by atoms with E-state index in [1.807, 2.05) is 38.1 Å². The van der Waals surface area contributed by atoms with Crippen molar-refractivity contribution in [1.82, 2.24) is 15.4 Å². The maximum absolute atomic E-state index is 13.0. The van der Waals surface area contributed by atoms with Crippen LogP contribution in [0.1, 0.15) is 45.4 Å². The van der Waals surface area contributed by atoms with Gasteiger partial charge in [0.2, 0.25) is 0 Å². The van der Waals surface area contributed by atoms with E-state index < -0.39 is 0 Å². The number of aromatic nitrogens is 1. The van der Waals surface area contributed by atoms with Gasteiger partial charge in [0, 0.05) is 41.9 Å². The smallest absolute Gasteiger partial charge is 0.252 e. The summed E-state index contributed by atoms with van der Waals surface area (Å²) in [5.74, 6) is 1.55. The fourth-order valence-corrected chi connectivity index (χ4v) is 5.20. The van der Waals surface area contributed by atoms with Gasteiger partial charge in [0.1, 0.15) is 5.76 Å². The Bertz CT molecular complexity index is 1040. The van der Waals surface area contributed by atoms with Crippen molar-refractivity contribution in [3.8, 4) is 0 Å². The summed E-state index contributed by atoms with van der Waals surface area (Å²) in [5, 5.41) is 7.17. The van der Waals surface area contributed by atoms with E-state index in [0.29, 0.717) is 6.54 Å². The molecule has 31 heavy (non-hydrogen) atoms. The number of hydrogen-bond donors (Lipinski definition) is 1. The van der Waals surface area contributed by atoms with Gasteiger partial charge in [0.05, 0.1) is 11.3 Å². The number of nitrogens with zero attached hydrogens (tertiary/aromatic N) is 2. The van der Waals surface area contributed by atoms with Crippen LogP contribution in [0.5, 0.6) is 0 Å². The lowest BCUT2D eigenvalue weighted by molar-refractivity contribution is 0.0929. The van der Waals surface area contributed by atoms with E-state index in [0.717, 1.165) is 52.7 Å². The van der Waals surface area contributed by atoms with Crippen LogP contribution in [0.4, 0.5) is 0 Å². The molecule has 2 heterocycles. The summed E-state index contributed by atoms with van der Waals surface area (Å²) in [7, 11) is 0. The predicted molar refractivity (Wildman–Crippen MR) is 124 cm³/mol. The molecule has 1 aliphatic heterocycles. The van der Waals surface area contributed by atoms with E-state index in [2.05, 4.69) is 46.6 Å². The van der Waals surface area contributed by atoms with Gasteiger partial charge in [0.25, 0.3) is 5.91 Å². The zero-order valence-electron chi connectivity index (χ0n) is 18.4. The first-order valence-corrected chi connectivity index (χ1v) is 11.7. The van der Waals surface area contributed by atoms with Crippen LogP contribution < -0.4 is 5.32 Å². The van der Waals surface area contributed by atoms with E-state index in [4.69, 9.17) is 4.52 Å². The van der Waals surface area contributed by atoms with Crippen LogP contribution in [-0.2, 0) is 18.7 Å². The molecular weight excluding hydrogens is 406 g/mol. The molecule has 0 radical (unpaired) electrons. The van der Waals surface area contributed by atoms with Crippen LogP contribution in [-0.4, -0.2) is 35.1 Å². The minimum Gasteiger partial charge on any atom is -0.361 e. The van der Waals surface area contributed by atoms with Gasteiger partial charge in [0.15, 0.2) is 0 Å². The molecule has 5 nitrogen and oxygen atoms in total. The lowest BCUT2D eigenvalue weighted by atomic mass is 9.99. The Labute approximate surface area is 188 Å². The normalized spacial score (nSPS) is 14.8. The zero-order valence-corrected chi connectivity index (χ0v) is 19.2. The molecule has 1 aromatic heterocycles. The summed E-state index contributed by atoms with van der Waals surface area (Å²) in [5.41, 5.74) is 5.56. The number of fused-ring (bicyclic) bond motifs is 1. The summed E-state index contributed by atoms with van der Waals surface area (Å²) in [6.07, 6.45) is 1.07.